The maximum absolute atomic E-state index is 9.61. The van der Waals surface area contributed by atoms with Gasteiger partial charge in [-0.2, -0.15) is 0 Å². The Bertz CT molecular complexity index is 551. The van der Waals surface area contributed by atoms with E-state index in [9.17, 15) is 5.11 Å². The van der Waals surface area contributed by atoms with Crippen LogP contribution in [0.1, 0.15) is 17.0 Å². The summed E-state index contributed by atoms with van der Waals surface area (Å²) < 4.78 is 11.2. The number of methoxy groups -OCH3 is 1. The molecule has 0 aliphatic carbocycles. The Balaban J connectivity index is 2.11. The standard InChI is InChI=1S/C17H20O3/c1-13-7-3-5-9-16(13)20-12-14(11-18)15-8-4-6-10-17(15)19-2/h3-10,14,18H,11-12H2,1-2H3. The molecule has 0 saturated carbocycles. The van der Waals surface area contributed by atoms with Crippen LogP contribution in [0, 0.1) is 6.92 Å². The molecule has 0 aromatic heterocycles. The summed E-state index contributed by atoms with van der Waals surface area (Å²) in [6.07, 6.45) is 0. The molecule has 0 saturated heterocycles. The van der Waals surface area contributed by atoms with Gasteiger partial charge >= 0.3 is 0 Å². The minimum atomic E-state index is -0.106. The average Bonchev–Trinajstić information content (AvgIpc) is 2.50. The Hall–Kier alpha value is -2.00. The molecule has 0 spiro atoms. The fraction of sp³-hybridized carbons (Fsp3) is 0.294. The Kier molecular flexibility index (Phi) is 5.02. The van der Waals surface area contributed by atoms with Crippen LogP contribution in [0.15, 0.2) is 48.5 Å². The van der Waals surface area contributed by atoms with Gasteiger partial charge < -0.3 is 14.6 Å². The lowest BCUT2D eigenvalue weighted by molar-refractivity contribution is 0.202. The maximum Gasteiger partial charge on any atom is 0.122 e. The van der Waals surface area contributed by atoms with Gasteiger partial charge in [0.05, 0.1) is 20.3 Å². The van der Waals surface area contributed by atoms with E-state index in [1.807, 2.05) is 55.5 Å². The highest BCUT2D eigenvalue weighted by Crippen LogP contribution is 2.27. The van der Waals surface area contributed by atoms with Gasteiger partial charge in [0.2, 0.25) is 0 Å². The largest absolute Gasteiger partial charge is 0.496 e. The number of benzene rings is 2. The highest BCUT2D eigenvalue weighted by atomic mass is 16.5. The average molecular weight is 272 g/mol. The minimum absolute atomic E-state index is 0.0201. The van der Waals surface area contributed by atoms with Crippen LogP contribution < -0.4 is 9.47 Å². The number of rotatable bonds is 6. The lowest BCUT2D eigenvalue weighted by Crippen LogP contribution is -2.15. The third kappa shape index (κ3) is 3.31. The Morgan fingerprint density at radius 3 is 2.30 bits per heavy atom. The van der Waals surface area contributed by atoms with Crippen molar-refractivity contribution in [2.45, 2.75) is 12.8 Å². The molecule has 0 fully saturated rings. The summed E-state index contributed by atoms with van der Waals surface area (Å²) in [4.78, 5) is 0. The Morgan fingerprint density at radius 2 is 1.65 bits per heavy atom. The van der Waals surface area contributed by atoms with E-state index in [4.69, 9.17) is 9.47 Å². The third-order valence-corrected chi connectivity index (χ3v) is 3.33. The molecule has 0 radical (unpaired) electrons. The van der Waals surface area contributed by atoms with Gasteiger partial charge in [0, 0.05) is 11.5 Å². The number of hydrogen-bond acceptors (Lipinski definition) is 3. The monoisotopic (exact) mass is 272 g/mol. The predicted octanol–water partition coefficient (Wildman–Crippen LogP) is 3.16. The van der Waals surface area contributed by atoms with Gasteiger partial charge in [0.1, 0.15) is 11.5 Å². The topological polar surface area (TPSA) is 38.7 Å². The highest BCUT2D eigenvalue weighted by Gasteiger charge is 2.16. The van der Waals surface area contributed by atoms with E-state index in [2.05, 4.69) is 0 Å². The molecular weight excluding hydrogens is 252 g/mol. The first kappa shape index (κ1) is 14.4. The smallest absolute Gasteiger partial charge is 0.122 e. The molecule has 0 amide bonds. The van der Waals surface area contributed by atoms with Crippen LogP contribution in [0.5, 0.6) is 11.5 Å². The number of aliphatic hydroxyl groups excluding tert-OH is 1. The molecule has 1 N–H and O–H groups in total. The molecule has 0 heterocycles. The van der Waals surface area contributed by atoms with Crippen molar-refractivity contribution in [1.29, 1.82) is 0 Å². The van der Waals surface area contributed by atoms with Crippen LogP contribution >= 0.6 is 0 Å². The summed E-state index contributed by atoms with van der Waals surface area (Å²) in [6, 6.07) is 15.6. The van der Waals surface area contributed by atoms with Crippen molar-refractivity contribution >= 4 is 0 Å². The van der Waals surface area contributed by atoms with E-state index in [0.29, 0.717) is 6.61 Å². The molecule has 3 heteroatoms. The number of hydrogen-bond donors (Lipinski definition) is 1. The maximum atomic E-state index is 9.61. The minimum Gasteiger partial charge on any atom is -0.496 e. The highest BCUT2D eigenvalue weighted by molar-refractivity contribution is 5.37. The molecule has 1 unspecified atom stereocenters. The first-order valence-electron chi connectivity index (χ1n) is 6.68. The predicted molar refractivity (Wildman–Crippen MR) is 79.5 cm³/mol. The van der Waals surface area contributed by atoms with E-state index in [1.54, 1.807) is 7.11 Å². The zero-order valence-corrected chi connectivity index (χ0v) is 11.9. The Labute approximate surface area is 119 Å². The second-order valence-corrected chi connectivity index (χ2v) is 4.70. The van der Waals surface area contributed by atoms with E-state index in [1.165, 1.54) is 0 Å². The molecular formula is C17H20O3. The summed E-state index contributed by atoms with van der Waals surface area (Å²) >= 11 is 0. The van der Waals surface area contributed by atoms with Gasteiger partial charge in [0.15, 0.2) is 0 Å². The molecule has 3 nitrogen and oxygen atoms in total. The molecule has 0 aliphatic rings. The zero-order chi connectivity index (χ0) is 14.4. The lowest BCUT2D eigenvalue weighted by Gasteiger charge is -2.19. The van der Waals surface area contributed by atoms with Crippen molar-refractivity contribution < 1.29 is 14.6 Å². The van der Waals surface area contributed by atoms with Gasteiger partial charge in [-0.3, -0.25) is 0 Å². The third-order valence-electron chi connectivity index (χ3n) is 3.33. The van der Waals surface area contributed by atoms with E-state index >= 15 is 0 Å². The normalized spacial score (nSPS) is 11.9. The summed E-state index contributed by atoms with van der Waals surface area (Å²) in [5.41, 5.74) is 2.05. The van der Waals surface area contributed by atoms with Crippen LogP contribution in [0.2, 0.25) is 0 Å². The first-order valence-corrected chi connectivity index (χ1v) is 6.68. The number of aliphatic hydroxyl groups is 1. The van der Waals surface area contributed by atoms with Gasteiger partial charge in [-0.05, 0) is 24.6 Å². The zero-order valence-electron chi connectivity index (χ0n) is 11.9. The van der Waals surface area contributed by atoms with Crippen molar-refractivity contribution in [3.05, 3.63) is 59.7 Å². The van der Waals surface area contributed by atoms with E-state index in [0.717, 1.165) is 22.6 Å². The van der Waals surface area contributed by atoms with Gasteiger partial charge in [-0.15, -0.1) is 0 Å². The molecule has 20 heavy (non-hydrogen) atoms. The van der Waals surface area contributed by atoms with Crippen molar-refractivity contribution in [2.24, 2.45) is 0 Å². The second-order valence-electron chi connectivity index (χ2n) is 4.70. The summed E-state index contributed by atoms with van der Waals surface area (Å²) in [7, 11) is 1.63. The summed E-state index contributed by atoms with van der Waals surface area (Å²) in [6.45, 7) is 2.44. The molecule has 0 bridgehead atoms. The fourth-order valence-electron chi connectivity index (χ4n) is 2.15. The number of para-hydroxylation sites is 2. The van der Waals surface area contributed by atoms with Crippen LogP contribution in [-0.2, 0) is 0 Å². The molecule has 106 valence electrons. The van der Waals surface area contributed by atoms with Crippen LogP contribution in [-0.4, -0.2) is 25.4 Å². The molecule has 1 atom stereocenters. The van der Waals surface area contributed by atoms with Crippen LogP contribution in [0.4, 0.5) is 0 Å². The van der Waals surface area contributed by atoms with Gasteiger partial charge in [-0.1, -0.05) is 36.4 Å². The summed E-state index contributed by atoms with van der Waals surface area (Å²) in [5, 5.41) is 9.61. The van der Waals surface area contributed by atoms with E-state index < -0.39 is 0 Å². The molecule has 0 aliphatic heterocycles. The number of aryl methyl sites for hydroxylation is 1. The van der Waals surface area contributed by atoms with Crippen LogP contribution in [0.25, 0.3) is 0 Å². The second kappa shape index (κ2) is 6.96. The lowest BCUT2D eigenvalue weighted by atomic mass is 10.00. The SMILES string of the molecule is COc1ccccc1C(CO)COc1ccccc1C. The van der Waals surface area contributed by atoms with Crippen molar-refractivity contribution in [3.8, 4) is 11.5 Å². The van der Waals surface area contributed by atoms with Crippen molar-refractivity contribution in [3.63, 3.8) is 0 Å². The first-order chi connectivity index (χ1) is 9.76. The van der Waals surface area contributed by atoms with E-state index in [-0.39, 0.29) is 12.5 Å². The molecule has 2 aromatic carbocycles. The molecule has 2 aromatic rings. The van der Waals surface area contributed by atoms with Crippen molar-refractivity contribution in [1.82, 2.24) is 0 Å². The van der Waals surface area contributed by atoms with Gasteiger partial charge in [0.25, 0.3) is 0 Å². The quantitative estimate of drug-likeness (QED) is 0.878. The molecule has 2 rings (SSSR count). The van der Waals surface area contributed by atoms with Gasteiger partial charge in [-0.25, -0.2) is 0 Å². The fourth-order valence-corrected chi connectivity index (χ4v) is 2.15. The van der Waals surface area contributed by atoms with Crippen molar-refractivity contribution in [2.75, 3.05) is 20.3 Å². The summed E-state index contributed by atoms with van der Waals surface area (Å²) in [5.74, 6) is 1.52. The van der Waals surface area contributed by atoms with Crippen LogP contribution in [0.3, 0.4) is 0 Å². The number of ether oxygens (including phenoxy) is 2. The Morgan fingerprint density at radius 1 is 1.00 bits per heavy atom.